The van der Waals surface area contributed by atoms with Crippen LogP contribution < -0.4 is 10.2 Å². The van der Waals surface area contributed by atoms with Crippen molar-refractivity contribution >= 4 is 38.3 Å². The molecular weight excluding hydrogens is 376 g/mol. The lowest BCUT2D eigenvalue weighted by molar-refractivity contribution is -0.904. The number of hydrogen-bond acceptors (Lipinski definition) is 4. The first-order chi connectivity index (χ1) is 11.2. The zero-order valence-corrected chi connectivity index (χ0v) is 15.3. The average Bonchev–Trinajstić information content (AvgIpc) is 3.02. The SMILES string of the molecule is O=C(Nc1nnc(CC[NH+]2CCCCC2)s1)c1ccc(Br)cc1. The van der Waals surface area contributed by atoms with Crippen molar-refractivity contribution in [1.29, 1.82) is 0 Å². The van der Waals surface area contributed by atoms with Gasteiger partial charge in [-0.1, -0.05) is 27.3 Å². The van der Waals surface area contributed by atoms with E-state index < -0.39 is 0 Å². The summed E-state index contributed by atoms with van der Waals surface area (Å²) in [4.78, 5) is 13.8. The number of anilines is 1. The molecule has 1 aromatic heterocycles. The van der Waals surface area contributed by atoms with Crippen LogP contribution in [-0.2, 0) is 6.42 Å². The van der Waals surface area contributed by atoms with E-state index in [1.807, 2.05) is 12.1 Å². The molecule has 1 aliphatic heterocycles. The van der Waals surface area contributed by atoms with Gasteiger partial charge in [0.2, 0.25) is 5.13 Å². The van der Waals surface area contributed by atoms with Gasteiger partial charge in [-0.3, -0.25) is 10.1 Å². The molecular formula is C16H20BrN4OS+. The van der Waals surface area contributed by atoms with Gasteiger partial charge in [0.25, 0.3) is 5.91 Å². The maximum Gasteiger partial charge on any atom is 0.257 e. The number of hydrogen-bond donors (Lipinski definition) is 2. The van der Waals surface area contributed by atoms with Crippen molar-refractivity contribution in [3.63, 3.8) is 0 Å². The number of nitrogens with one attached hydrogen (secondary N) is 2. The number of halogens is 1. The molecule has 7 heteroatoms. The lowest BCUT2D eigenvalue weighted by atomic mass is 10.1. The van der Waals surface area contributed by atoms with E-state index in [1.165, 1.54) is 43.7 Å². The maximum atomic E-state index is 12.1. The summed E-state index contributed by atoms with van der Waals surface area (Å²) in [6.07, 6.45) is 4.97. The second kappa shape index (κ2) is 7.99. The molecule has 23 heavy (non-hydrogen) atoms. The number of nitrogens with zero attached hydrogens (tertiary/aromatic N) is 2. The van der Waals surface area contributed by atoms with Crippen LogP contribution in [-0.4, -0.2) is 35.7 Å². The molecule has 0 unspecified atom stereocenters. The smallest absolute Gasteiger partial charge is 0.257 e. The van der Waals surface area contributed by atoms with Crippen LogP contribution in [0.5, 0.6) is 0 Å². The van der Waals surface area contributed by atoms with Gasteiger partial charge < -0.3 is 4.90 Å². The fraction of sp³-hybridized carbons (Fsp3) is 0.438. The Morgan fingerprint density at radius 1 is 1.17 bits per heavy atom. The average molecular weight is 396 g/mol. The minimum atomic E-state index is -0.151. The summed E-state index contributed by atoms with van der Waals surface area (Å²) in [5.41, 5.74) is 0.614. The van der Waals surface area contributed by atoms with E-state index in [2.05, 4.69) is 31.4 Å². The monoisotopic (exact) mass is 395 g/mol. The maximum absolute atomic E-state index is 12.1. The molecule has 0 radical (unpaired) electrons. The highest BCUT2D eigenvalue weighted by Gasteiger charge is 2.15. The molecule has 1 fully saturated rings. The van der Waals surface area contributed by atoms with Gasteiger partial charge >= 0.3 is 0 Å². The van der Waals surface area contributed by atoms with Crippen LogP contribution in [0.25, 0.3) is 0 Å². The summed E-state index contributed by atoms with van der Waals surface area (Å²) in [7, 11) is 0. The molecule has 0 aliphatic carbocycles. The number of amides is 1. The molecule has 5 nitrogen and oxygen atoms in total. The second-order valence-corrected chi connectivity index (χ2v) is 7.75. The highest BCUT2D eigenvalue weighted by atomic mass is 79.9. The number of carbonyl (C=O) groups is 1. The molecule has 2 heterocycles. The van der Waals surface area contributed by atoms with E-state index in [0.717, 1.165) is 22.4 Å². The molecule has 1 amide bonds. The van der Waals surface area contributed by atoms with Crippen LogP contribution in [0.1, 0.15) is 34.6 Å². The summed E-state index contributed by atoms with van der Waals surface area (Å²) in [5, 5.41) is 12.7. The first kappa shape index (κ1) is 16.5. The van der Waals surface area contributed by atoms with Crippen LogP contribution in [0.3, 0.4) is 0 Å². The fourth-order valence-electron chi connectivity index (χ4n) is 2.76. The third-order valence-corrected chi connectivity index (χ3v) is 5.47. The highest BCUT2D eigenvalue weighted by molar-refractivity contribution is 9.10. The number of piperidine rings is 1. The second-order valence-electron chi connectivity index (χ2n) is 5.77. The largest absolute Gasteiger partial charge is 0.335 e. The van der Waals surface area contributed by atoms with Gasteiger partial charge in [0, 0.05) is 10.0 Å². The van der Waals surface area contributed by atoms with Gasteiger partial charge in [0.15, 0.2) is 0 Å². The molecule has 0 bridgehead atoms. The molecule has 0 saturated carbocycles. The quantitative estimate of drug-likeness (QED) is 0.815. The molecule has 0 spiro atoms. The lowest BCUT2D eigenvalue weighted by Crippen LogP contribution is -3.13. The molecule has 1 aromatic carbocycles. The molecule has 3 rings (SSSR count). The Morgan fingerprint density at radius 3 is 2.65 bits per heavy atom. The van der Waals surface area contributed by atoms with Crippen LogP contribution in [0.15, 0.2) is 28.7 Å². The van der Waals surface area contributed by atoms with Crippen LogP contribution in [0.2, 0.25) is 0 Å². The normalized spacial score (nSPS) is 15.5. The van der Waals surface area contributed by atoms with Crippen LogP contribution in [0.4, 0.5) is 5.13 Å². The van der Waals surface area contributed by atoms with Gasteiger partial charge in [-0.2, -0.15) is 0 Å². The number of aromatic nitrogens is 2. The number of likely N-dealkylation sites (tertiary alicyclic amines) is 1. The Morgan fingerprint density at radius 2 is 1.91 bits per heavy atom. The summed E-state index contributed by atoms with van der Waals surface area (Å²) in [6, 6.07) is 7.26. The first-order valence-corrected chi connectivity index (χ1v) is 9.54. The minimum absolute atomic E-state index is 0.151. The summed E-state index contributed by atoms with van der Waals surface area (Å²) < 4.78 is 0.951. The molecule has 1 saturated heterocycles. The Labute approximate surface area is 148 Å². The standard InChI is InChI=1S/C16H19BrN4OS/c17-13-6-4-12(5-7-13)15(22)18-16-20-19-14(23-16)8-11-21-9-2-1-3-10-21/h4-7H,1-3,8-11H2,(H,18,20,22)/p+1. The molecule has 2 aromatic rings. The number of rotatable bonds is 5. The van der Waals surface area contributed by atoms with Gasteiger partial charge in [-0.25, -0.2) is 0 Å². The topological polar surface area (TPSA) is 59.3 Å². The van der Waals surface area contributed by atoms with Crippen molar-refractivity contribution < 1.29 is 9.69 Å². The zero-order valence-electron chi connectivity index (χ0n) is 12.8. The van der Waals surface area contributed by atoms with E-state index >= 15 is 0 Å². The molecule has 2 N–H and O–H groups in total. The van der Waals surface area contributed by atoms with Crippen LogP contribution in [0, 0.1) is 0 Å². The van der Waals surface area contributed by atoms with Crippen molar-refractivity contribution in [2.45, 2.75) is 25.7 Å². The Hall–Kier alpha value is -1.31. The van der Waals surface area contributed by atoms with Crippen molar-refractivity contribution in [2.75, 3.05) is 25.0 Å². The van der Waals surface area contributed by atoms with E-state index in [0.29, 0.717) is 10.7 Å². The number of benzene rings is 1. The van der Waals surface area contributed by atoms with Gasteiger partial charge in [0.05, 0.1) is 26.1 Å². The summed E-state index contributed by atoms with van der Waals surface area (Å²) in [5.74, 6) is -0.151. The molecule has 122 valence electrons. The predicted octanol–water partition coefficient (Wildman–Crippen LogP) is 2.16. The third kappa shape index (κ3) is 4.83. The Bertz CT molecular complexity index is 652. The minimum Gasteiger partial charge on any atom is -0.335 e. The van der Waals surface area contributed by atoms with Crippen molar-refractivity contribution in [2.24, 2.45) is 0 Å². The van der Waals surface area contributed by atoms with E-state index in [4.69, 9.17) is 0 Å². The summed E-state index contributed by atoms with van der Waals surface area (Å²) >= 11 is 4.83. The zero-order chi connectivity index (χ0) is 16.1. The Kier molecular flexibility index (Phi) is 5.75. The van der Waals surface area contributed by atoms with Crippen molar-refractivity contribution in [1.82, 2.24) is 10.2 Å². The van der Waals surface area contributed by atoms with Gasteiger partial charge in [-0.15, -0.1) is 10.2 Å². The van der Waals surface area contributed by atoms with E-state index in [1.54, 1.807) is 17.0 Å². The first-order valence-electron chi connectivity index (χ1n) is 7.93. The van der Waals surface area contributed by atoms with Gasteiger partial charge in [0.1, 0.15) is 5.01 Å². The van der Waals surface area contributed by atoms with E-state index in [-0.39, 0.29) is 5.91 Å². The molecule has 0 atom stereocenters. The van der Waals surface area contributed by atoms with Crippen LogP contribution >= 0.6 is 27.3 Å². The number of quaternary nitrogens is 1. The van der Waals surface area contributed by atoms with Gasteiger partial charge in [-0.05, 0) is 43.5 Å². The Balaban J connectivity index is 1.52. The van der Waals surface area contributed by atoms with Crippen molar-refractivity contribution in [3.05, 3.63) is 39.3 Å². The fourth-order valence-corrected chi connectivity index (χ4v) is 3.76. The predicted molar refractivity (Wildman–Crippen MR) is 95.1 cm³/mol. The lowest BCUT2D eigenvalue weighted by Gasteiger charge is -2.22. The number of carbonyl (C=O) groups excluding carboxylic acids is 1. The third-order valence-electron chi connectivity index (χ3n) is 4.05. The summed E-state index contributed by atoms with van der Waals surface area (Å²) in [6.45, 7) is 3.65. The molecule has 1 aliphatic rings. The van der Waals surface area contributed by atoms with Crippen molar-refractivity contribution in [3.8, 4) is 0 Å². The van der Waals surface area contributed by atoms with E-state index in [9.17, 15) is 4.79 Å². The highest BCUT2D eigenvalue weighted by Crippen LogP contribution is 2.17.